The van der Waals surface area contributed by atoms with Gasteiger partial charge in [0.15, 0.2) is 0 Å². The molecule has 0 saturated carbocycles. The molecule has 0 atom stereocenters. The SMILES string of the molecule is CCSC#C[Si](CC)(CC)CC. The van der Waals surface area contributed by atoms with Gasteiger partial charge in [-0.05, 0) is 23.4 Å². The highest BCUT2D eigenvalue weighted by Crippen LogP contribution is 2.19. The zero-order valence-corrected chi connectivity index (χ0v) is 10.6. The van der Waals surface area contributed by atoms with Gasteiger partial charge in [-0.1, -0.05) is 39.5 Å². The van der Waals surface area contributed by atoms with Gasteiger partial charge in [0.05, 0.1) is 0 Å². The molecule has 0 spiro atoms. The van der Waals surface area contributed by atoms with Gasteiger partial charge in [-0.15, -0.1) is 5.54 Å². The Bertz CT molecular complexity index is 154. The van der Waals surface area contributed by atoms with Crippen LogP contribution in [0.5, 0.6) is 0 Å². The van der Waals surface area contributed by atoms with E-state index in [1.807, 2.05) is 0 Å². The minimum Gasteiger partial charge on any atom is -0.119 e. The van der Waals surface area contributed by atoms with Crippen molar-refractivity contribution in [3.63, 3.8) is 0 Å². The van der Waals surface area contributed by atoms with Crippen LogP contribution < -0.4 is 0 Å². The van der Waals surface area contributed by atoms with Gasteiger partial charge in [-0.25, -0.2) is 0 Å². The first-order valence-corrected chi connectivity index (χ1v) is 8.49. The molecule has 2 heteroatoms. The molecule has 0 rings (SSSR count). The van der Waals surface area contributed by atoms with Crippen molar-refractivity contribution in [2.45, 2.75) is 45.8 Å². The van der Waals surface area contributed by atoms with Crippen molar-refractivity contribution >= 4 is 19.8 Å². The minimum absolute atomic E-state index is 1.12. The summed E-state index contributed by atoms with van der Waals surface area (Å²) in [6, 6.07) is 3.95. The van der Waals surface area contributed by atoms with E-state index in [9.17, 15) is 0 Å². The first kappa shape index (κ1) is 12.1. The first-order chi connectivity index (χ1) is 5.74. The Hall–Kier alpha value is 0.127. The van der Waals surface area contributed by atoms with Crippen molar-refractivity contribution in [2.24, 2.45) is 0 Å². The molecule has 0 aromatic heterocycles. The third kappa shape index (κ3) is 3.69. The highest BCUT2D eigenvalue weighted by molar-refractivity contribution is 8.03. The molecule has 0 aromatic rings. The summed E-state index contributed by atoms with van der Waals surface area (Å²) in [6.45, 7) is 9.05. The molecule has 0 nitrogen and oxygen atoms in total. The van der Waals surface area contributed by atoms with E-state index in [1.165, 1.54) is 18.1 Å². The fourth-order valence-corrected chi connectivity index (χ4v) is 4.56. The molecule has 0 aromatic carbocycles. The third-order valence-electron chi connectivity index (χ3n) is 2.56. The number of thioether (sulfide) groups is 1. The van der Waals surface area contributed by atoms with Crippen molar-refractivity contribution in [3.05, 3.63) is 0 Å². The lowest BCUT2D eigenvalue weighted by molar-refractivity contribution is 1.20. The molecule has 0 radical (unpaired) electrons. The second kappa shape index (κ2) is 6.62. The molecule has 0 saturated heterocycles. The van der Waals surface area contributed by atoms with E-state index in [-0.39, 0.29) is 0 Å². The minimum atomic E-state index is -1.14. The van der Waals surface area contributed by atoms with E-state index in [1.54, 1.807) is 11.8 Å². The second-order valence-electron chi connectivity index (χ2n) is 3.00. The van der Waals surface area contributed by atoms with E-state index in [0.717, 1.165) is 5.75 Å². The van der Waals surface area contributed by atoms with Crippen LogP contribution in [0, 0.1) is 10.8 Å². The largest absolute Gasteiger partial charge is 0.138 e. The number of hydrogen-bond donors (Lipinski definition) is 0. The van der Waals surface area contributed by atoms with Crippen molar-refractivity contribution in [1.82, 2.24) is 0 Å². The van der Waals surface area contributed by atoms with Crippen LogP contribution in [0.3, 0.4) is 0 Å². The fraction of sp³-hybridized carbons (Fsp3) is 0.800. The van der Waals surface area contributed by atoms with Gasteiger partial charge in [0, 0.05) is 5.75 Å². The Morgan fingerprint density at radius 1 is 1.00 bits per heavy atom. The Balaban J connectivity index is 4.22. The maximum atomic E-state index is 3.54. The van der Waals surface area contributed by atoms with E-state index in [4.69, 9.17) is 0 Å². The van der Waals surface area contributed by atoms with Gasteiger partial charge >= 0.3 is 0 Å². The van der Waals surface area contributed by atoms with Gasteiger partial charge < -0.3 is 0 Å². The molecular formula is C10H20SSi. The number of hydrogen-bond acceptors (Lipinski definition) is 1. The van der Waals surface area contributed by atoms with Crippen molar-refractivity contribution < 1.29 is 0 Å². The Morgan fingerprint density at radius 3 is 1.83 bits per heavy atom. The zero-order valence-electron chi connectivity index (χ0n) is 8.74. The average molecular weight is 200 g/mol. The average Bonchev–Trinajstić information content (AvgIpc) is 2.14. The molecule has 70 valence electrons. The summed E-state index contributed by atoms with van der Waals surface area (Å²) >= 11 is 1.75. The van der Waals surface area contributed by atoms with E-state index < -0.39 is 8.07 Å². The predicted molar refractivity (Wildman–Crippen MR) is 63.1 cm³/mol. The molecule has 0 bridgehead atoms. The summed E-state index contributed by atoms with van der Waals surface area (Å²) in [6.07, 6.45) is 0. The van der Waals surface area contributed by atoms with E-state index in [0.29, 0.717) is 0 Å². The summed E-state index contributed by atoms with van der Waals surface area (Å²) in [5.74, 6) is 1.12. The lowest BCUT2D eigenvalue weighted by Gasteiger charge is -2.19. The lowest BCUT2D eigenvalue weighted by atomic mass is 10.9. The van der Waals surface area contributed by atoms with Gasteiger partial charge in [0.25, 0.3) is 0 Å². The monoisotopic (exact) mass is 200 g/mol. The first-order valence-electron chi connectivity index (χ1n) is 4.88. The topological polar surface area (TPSA) is 0 Å². The van der Waals surface area contributed by atoms with Crippen LogP contribution in [-0.4, -0.2) is 13.8 Å². The number of rotatable bonds is 4. The van der Waals surface area contributed by atoms with Crippen LogP contribution in [0.1, 0.15) is 27.7 Å². The lowest BCUT2D eigenvalue weighted by Crippen LogP contribution is -2.29. The summed E-state index contributed by atoms with van der Waals surface area (Å²) < 4.78 is 0. The fourth-order valence-electron chi connectivity index (χ4n) is 1.23. The maximum absolute atomic E-state index is 3.54. The normalized spacial score (nSPS) is 10.7. The van der Waals surface area contributed by atoms with Crippen molar-refractivity contribution in [1.29, 1.82) is 0 Å². The van der Waals surface area contributed by atoms with E-state index >= 15 is 0 Å². The van der Waals surface area contributed by atoms with E-state index in [2.05, 4.69) is 38.5 Å². The quantitative estimate of drug-likeness (QED) is 0.492. The van der Waals surface area contributed by atoms with Crippen LogP contribution in [0.15, 0.2) is 0 Å². The van der Waals surface area contributed by atoms with Gasteiger partial charge in [0.1, 0.15) is 8.07 Å². The van der Waals surface area contributed by atoms with Crippen LogP contribution in [0.2, 0.25) is 18.1 Å². The highest BCUT2D eigenvalue weighted by atomic mass is 32.2. The standard InChI is InChI=1S/C10H20SSi/c1-5-11-9-10-12(6-2,7-3)8-4/h5-8H2,1-4H3. The van der Waals surface area contributed by atoms with Gasteiger partial charge in [-0.2, -0.15) is 0 Å². The molecule has 0 aliphatic rings. The second-order valence-corrected chi connectivity index (χ2v) is 9.00. The molecule has 0 aliphatic carbocycles. The molecule has 0 amide bonds. The summed E-state index contributed by atoms with van der Waals surface area (Å²) in [5, 5.41) is 3.26. The molecule has 0 heterocycles. The smallest absolute Gasteiger partial charge is 0.119 e. The Morgan fingerprint density at radius 2 is 1.50 bits per heavy atom. The molecular weight excluding hydrogens is 180 g/mol. The van der Waals surface area contributed by atoms with Crippen LogP contribution in [0.25, 0.3) is 0 Å². The van der Waals surface area contributed by atoms with Crippen molar-refractivity contribution in [2.75, 3.05) is 5.75 Å². The predicted octanol–water partition coefficient (Wildman–Crippen LogP) is 3.75. The molecule has 0 fully saturated rings. The molecule has 0 N–H and O–H groups in total. The van der Waals surface area contributed by atoms with Gasteiger partial charge in [0.2, 0.25) is 0 Å². The maximum Gasteiger partial charge on any atom is 0.138 e. The Kier molecular flexibility index (Phi) is 6.69. The van der Waals surface area contributed by atoms with Crippen LogP contribution >= 0.6 is 11.8 Å². The highest BCUT2D eigenvalue weighted by Gasteiger charge is 2.23. The Labute approximate surface area is 82.5 Å². The van der Waals surface area contributed by atoms with Crippen LogP contribution in [0.4, 0.5) is 0 Å². The summed E-state index contributed by atoms with van der Waals surface area (Å²) in [5.41, 5.74) is 3.54. The van der Waals surface area contributed by atoms with Crippen LogP contribution in [-0.2, 0) is 0 Å². The molecule has 0 aliphatic heterocycles. The van der Waals surface area contributed by atoms with Gasteiger partial charge in [-0.3, -0.25) is 0 Å². The summed E-state index contributed by atoms with van der Waals surface area (Å²) in [4.78, 5) is 0. The van der Waals surface area contributed by atoms with Crippen molar-refractivity contribution in [3.8, 4) is 10.8 Å². The summed E-state index contributed by atoms with van der Waals surface area (Å²) in [7, 11) is -1.14. The third-order valence-corrected chi connectivity index (χ3v) is 8.00. The molecule has 0 unspecified atom stereocenters. The zero-order chi connectivity index (χ0) is 9.45. The molecule has 12 heavy (non-hydrogen) atoms.